The Bertz CT molecular complexity index is 610. The average molecular weight is 300 g/mol. The molecule has 0 saturated carbocycles. The van der Waals surface area contributed by atoms with Gasteiger partial charge in [0.15, 0.2) is 5.11 Å². The average Bonchev–Trinajstić information content (AvgIpc) is 2.47. The third-order valence-corrected chi connectivity index (χ3v) is 3.46. The number of benzene rings is 2. The standard InChI is InChI=1S/C17H20N2OS/c1-12-5-4-6-15(11-12)19-17(21)18-13(2)14-7-9-16(20-3)10-8-14/h4-11,13H,1-3H3,(H2,18,19,21)/t13-/m0/s1. The van der Waals surface area contributed by atoms with Gasteiger partial charge in [-0.1, -0.05) is 24.3 Å². The summed E-state index contributed by atoms with van der Waals surface area (Å²) < 4.78 is 5.16. The Labute approximate surface area is 131 Å². The maximum absolute atomic E-state index is 5.36. The van der Waals surface area contributed by atoms with Crippen LogP contribution in [0, 0.1) is 6.92 Å². The Morgan fingerprint density at radius 1 is 1.14 bits per heavy atom. The lowest BCUT2D eigenvalue weighted by Gasteiger charge is -2.18. The van der Waals surface area contributed by atoms with Crippen molar-refractivity contribution >= 4 is 23.0 Å². The summed E-state index contributed by atoms with van der Waals surface area (Å²) in [7, 11) is 1.66. The van der Waals surface area contributed by atoms with Gasteiger partial charge in [0, 0.05) is 5.69 Å². The van der Waals surface area contributed by atoms with E-state index in [1.54, 1.807) is 7.11 Å². The lowest BCUT2D eigenvalue weighted by atomic mass is 10.1. The molecule has 2 aromatic rings. The third kappa shape index (κ3) is 4.46. The van der Waals surface area contributed by atoms with E-state index in [0.717, 1.165) is 17.0 Å². The van der Waals surface area contributed by atoms with Gasteiger partial charge in [-0.05, 0) is 61.5 Å². The van der Waals surface area contributed by atoms with Gasteiger partial charge < -0.3 is 15.4 Å². The Kier molecular flexibility index (Phi) is 5.17. The van der Waals surface area contributed by atoms with Gasteiger partial charge in [0.2, 0.25) is 0 Å². The summed E-state index contributed by atoms with van der Waals surface area (Å²) >= 11 is 5.36. The van der Waals surface area contributed by atoms with Crippen molar-refractivity contribution in [1.29, 1.82) is 0 Å². The second-order valence-corrected chi connectivity index (χ2v) is 5.37. The van der Waals surface area contributed by atoms with Gasteiger partial charge in [0.05, 0.1) is 13.2 Å². The molecule has 0 aliphatic carbocycles. The summed E-state index contributed by atoms with van der Waals surface area (Å²) in [5.74, 6) is 0.853. The Morgan fingerprint density at radius 2 is 1.86 bits per heavy atom. The van der Waals surface area contributed by atoms with Crippen molar-refractivity contribution in [2.75, 3.05) is 12.4 Å². The summed E-state index contributed by atoms with van der Waals surface area (Å²) in [6.45, 7) is 4.13. The molecule has 2 aromatic carbocycles. The van der Waals surface area contributed by atoms with Crippen molar-refractivity contribution in [3.05, 3.63) is 59.7 Å². The quantitative estimate of drug-likeness (QED) is 0.835. The van der Waals surface area contributed by atoms with Gasteiger partial charge in [0.25, 0.3) is 0 Å². The normalized spacial score (nSPS) is 11.6. The van der Waals surface area contributed by atoms with E-state index < -0.39 is 0 Å². The lowest BCUT2D eigenvalue weighted by molar-refractivity contribution is 0.414. The molecule has 0 unspecified atom stereocenters. The van der Waals surface area contributed by atoms with Crippen LogP contribution in [0.15, 0.2) is 48.5 Å². The van der Waals surface area contributed by atoms with Crippen LogP contribution in [-0.2, 0) is 0 Å². The zero-order valence-corrected chi connectivity index (χ0v) is 13.3. The molecule has 0 spiro atoms. The number of methoxy groups -OCH3 is 1. The van der Waals surface area contributed by atoms with Crippen LogP contribution in [0.5, 0.6) is 5.75 Å². The molecule has 0 amide bonds. The van der Waals surface area contributed by atoms with Gasteiger partial charge >= 0.3 is 0 Å². The predicted octanol–water partition coefficient (Wildman–Crippen LogP) is 4.05. The molecule has 0 aromatic heterocycles. The van der Waals surface area contributed by atoms with E-state index in [2.05, 4.69) is 36.6 Å². The number of anilines is 1. The largest absolute Gasteiger partial charge is 0.497 e. The Balaban J connectivity index is 1.95. The van der Waals surface area contributed by atoms with Gasteiger partial charge in [-0.3, -0.25) is 0 Å². The first kappa shape index (κ1) is 15.3. The molecule has 0 radical (unpaired) electrons. The zero-order valence-electron chi connectivity index (χ0n) is 12.5. The van der Waals surface area contributed by atoms with E-state index in [1.807, 2.05) is 36.4 Å². The van der Waals surface area contributed by atoms with Crippen molar-refractivity contribution in [2.45, 2.75) is 19.9 Å². The highest BCUT2D eigenvalue weighted by Gasteiger charge is 2.07. The minimum Gasteiger partial charge on any atom is -0.497 e. The summed E-state index contributed by atoms with van der Waals surface area (Å²) in [5, 5.41) is 7.10. The second-order valence-electron chi connectivity index (χ2n) is 4.96. The van der Waals surface area contributed by atoms with Crippen molar-refractivity contribution in [3.8, 4) is 5.75 Å². The van der Waals surface area contributed by atoms with E-state index in [0.29, 0.717) is 5.11 Å². The fraction of sp³-hybridized carbons (Fsp3) is 0.235. The van der Waals surface area contributed by atoms with Crippen LogP contribution in [-0.4, -0.2) is 12.2 Å². The van der Waals surface area contributed by atoms with E-state index in [9.17, 15) is 0 Å². The van der Waals surface area contributed by atoms with Crippen LogP contribution in [0.1, 0.15) is 24.1 Å². The molecule has 0 aliphatic rings. The van der Waals surface area contributed by atoms with Crippen molar-refractivity contribution in [1.82, 2.24) is 5.32 Å². The molecule has 0 aliphatic heterocycles. The van der Waals surface area contributed by atoms with E-state index in [4.69, 9.17) is 17.0 Å². The first-order valence-corrected chi connectivity index (χ1v) is 7.27. The van der Waals surface area contributed by atoms with Crippen LogP contribution in [0.25, 0.3) is 0 Å². The third-order valence-electron chi connectivity index (χ3n) is 3.24. The topological polar surface area (TPSA) is 33.3 Å². The summed E-state index contributed by atoms with van der Waals surface area (Å²) in [5.41, 5.74) is 3.35. The predicted molar refractivity (Wildman–Crippen MR) is 91.9 cm³/mol. The first-order chi connectivity index (χ1) is 10.1. The van der Waals surface area contributed by atoms with Gasteiger partial charge in [-0.2, -0.15) is 0 Å². The van der Waals surface area contributed by atoms with Gasteiger partial charge in [0.1, 0.15) is 5.75 Å². The molecule has 0 saturated heterocycles. The number of aryl methyl sites for hydroxylation is 1. The van der Waals surface area contributed by atoms with Crippen molar-refractivity contribution in [2.24, 2.45) is 0 Å². The van der Waals surface area contributed by atoms with Crippen LogP contribution >= 0.6 is 12.2 Å². The second kappa shape index (κ2) is 7.09. The van der Waals surface area contributed by atoms with Crippen LogP contribution < -0.4 is 15.4 Å². The van der Waals surface area contributed by atoms with Gasteiger partial charge in [-0.15, -0.1) is 0 Å². The molecule has 1 atom stereocenters. The fourth-order valence-corrected chi connectivity index (χ4v) is 2.36. The van der Waals surface area contributed by atoms with Gasteiger partial charge in [-0.25, -0.2) is 0 Å². The molecule has 0 heterocycles. The highest BCUT2D eigenvalue weighted by atomic mass is 32.1. The molecule has 21 heavy (non-hydrogen) atoms. The highest BCUT2D eigenvalue weighted by molar-refractivity contribution is 7.80. The molecule has 0 bridgehead atoms. The summed E-state index contributed by atoms with van der Waals surface area (Å²) in [6.07, 6.45) is 0. The minimum absolute atomic E-state index is 0.126. The highest BCUT2D eigenvalue weighted by Crippen LogP contribution is 2.17. The number of hydrogen-bond acceptors (Lipinski definition) is 2. The lowest BCUT2D eigenvalue weighted by Crippen LogP contribution is -2.30. The minimum atomic E-state index is 0.126. The van der Waals surface area contributed by atoms with Crippen LogP contribution in [0.3, 0.4) is 0 Å². The molecule has 4 heteroatoms. The van der Waals surface area contributed by atoms with Crippen molar-refractivity contribution in [3.63, 3.8) is 0 Å². The van der Waals surface area contributed by atoms with Crippen LogP contribution in [0.4, 0.5) is 5.69 Å². The summed E-state index contributed by atoms with van der Waals surface area (Å²) in [4.78, 5) is 0. The monoisotopic (exact) mass is 300 g/mol. The van der Waals surface area contributed by atoms with E-state index >= 15 is 0 Å². The van der Waals surface area contributed by atoms with Crippen molar-refractivity contribution < 1.29 is 4.74 Å². The maximum atomic E-state index is 5.36. The van der Waals surface area contributed by atoms with E-state index in [1.165, 1.54) is 5.56 Å². The fourth-order valence-electron chi connectivity index (χ4n) is 2.06. The SMILES string of the molecule is COc1ccc([C@H](C)NC(=S)Nc2cccc(C)c2)cc1. The maximum Gasteiger partial charge on any atom is 0.171 e. The molecule has 2 N–H and O–H groups in total. The number of thiocarbonyl (C=S) groups is 1. The molecular formula is C17H20N2OS. The molecule has 2 rings (SSSR count). The molecular weight excluding hydrogens is 280 g/mol. The number of hydrogen-bond donors (Lipinski definition) is 2. The number of nitrogens with one attached hydrogen (secondary N) is 2. The molecule has 110 valence electrons. The Morgan fingerprint density at radius 3 is 2.48 bits per heavy atom. The first-order valence-electron chi connectivity index (χ1n) is 6.86. The van der Waals surface area contributed by atoms with Crippen LogP contribution in [0.2, 0.25) is 0 Å². The number of rotatable bonds is 4. The molecule has 0 fully saturated rings. The summed E-state index contributed by atoms with van der Waals surface area (Å²) in [6, 6.07) is 16.2. The molecule has 3 nitrogen and oxygen atoms in total. The smallest absolute Gasteiger partial charge is 0.171 e. The number of ether oxygens (including phenoxy) is 1. The Hall–Kier alpha value is -2.07. The zero-order chi connectivity index (χ0) is 15.2. The van der Waals surface area contributed by atoms with E-state index in [-0.39, 0.29) is 6.04 Å².